The van der Waals surface area contributed by atoms with Crippen LogP contribution in [0.3, 0.4) is 0 Å². The first kappa shape index (κ1) is 23.6. The highest BCUT2D eigenvalue weighted by molar-refractivity contribution is 5.75. The van der Waals surface area contributed by atoms with Crippen LogP contribution in [0.1, 0.15) is 29.5 Å². The van der Waals surface area contributed by atoms with Gasteiger partial charge in [0.05, 0.1) is 18.2 Å². The van der Waals surface area contributed by atoms with Crippen molar-refractivity contribution in [3.8, 4) is 6.07 Å². The molecule has 4 aromatic rings. The fourth-order valence-electron chi connectivity index (χ4n) is 4.96. The number of aryl methyl sites for hydroxylation is 2. The van der Waals surface area contributed by atoms with Gasteiger partial charge in [0, 0.05) is 32.7 Å². The number of anilines is 1. The van der Waals surface area contributed by atoms with Crippen molar-refractivity contribution in [1.29, 1.82) is 5.26 Å². The van der Waals surface area contributed by atoms with E-state index in [2.05, 4.69) is 11.0 Å². The Balaban J connectivity index is 1.68. The summed E-state index contributed by atoms with van der Waals surface area (Å²) >= 11 is 0. The third-order valence-electron chi connectivity index (χ3n) is 6.89. The molecule has 0 spiro atoms. The zero-order valence-electron chi connectivity index (χ0n) is 20.3. The number of nitrogens with two attached hydrogens (primary N) is 1. The monoisotopic (exact) mass is 483 g/mol. The lowest BCUT2D eigenvalue weighted by atomic mass is 10.1. The van der Waals surface area contributed by atoms with Crippen molar-refractivity contribution < 1.29 is 0 Å². The summed E-state index contributed by atoms with van der Waals surface area (Å²) in [7, 11) is 1.65. The molecule has 2 aromatic heterocycles. The molecule has 1 atom stereocenters. The zero-order chi connectivity index (χ0) is 25.2. The third kappa shape index (κ3) is 4.32. The molecule has 36 heavy (non-hydrogen) atoms. The number of fused-ring (bicyclic) bond motifs is 1. The van der Waals surface area contributed by atoms with Gasteiger partial charge in [0.15, 0.2) is 11.2 Å². The van der Waals surface area contributed by atoms with Crippen molar-refractivity contribution in [1.82, 2.24) is 18.7 Å². The molecule has 2 aromatic carbocycles. The molecule has 1 saturated heterocycles. The lowest BCUT2D eigenvalue weighted by molar-refractivity contribution is 0.495. The number of hydrogen-bond donors (Lipinski definition) is 1. The van der Waals surface area contributed by atoms with Crippen molar-refractivity contribution in [3.63, 3.8) is 0 Å². The van der Waals surface area contributed by atoms with E-state index in [1.807, 2.05) is 53.1 Å². The summed E-state index contributed by atoms with van der Waals surface area (Å²) < 4.78 is 4.58. The maximum atomic E-state index is 13.8. The lowest BCUT2D eigenvalue weighted by Crippen LogP contribution is -2.44. The smallest absolute Gasteiger partial charge is 0.332 e. The Morgan fingerprint density at radius 3 is 2.58 bits per heavy atom. The molecule has 1 unspecified atom stereocenters. The van der Waals surface area contributed by atoms with E-state index >= 15 is 0 Å². The number of nitriles is 1. The van der Waals surface area contributed by atoms with E-state index in [-0.39, 0.29) is 24.7 Å². The van der Waals surface area contributed by atoms with E-state index in [0.29, 0.717) is 35.6 Å². The predicted octanol–water partition coefficient (Wildman–Crippen LogP) is 1.99. The summed E-state index contributed by atoms with van der Waals surface area (Å²) in [6.07, 6.45) is 2.40. The van der Waals surface area contributed by atoms with Gasteiger partial charge in [-0.15, -0.1) is 0 Å². The van der Waals surface area contributed by atoms with E-state index in [0.717, 1.165) is 30.5 Å². The fourth-order valence-corrected chi connectivity index (χ4v) is 4.96. The van der Waals surface area contributed by atoms with Gasteiger partial charge in [0.25, 0.3) is 5.56 Å². The van der Waals surface area contributed by atoms with Gasteiger partial charge in [-0.1, -0.05) is 48.5 Å². The van der Waals surface area contributed by atoms with Crippen molar-refractivity contribution in [2.45, 2.75) is 38.4 Å². The highest BCUT2D eigenvalue weighted by Crippen LogP contribution is 2.25. The van der Waals surface area contributed by atoms with Crippen molar-refractivity contribution in [2.75, 3.05) is 18.0 Å². The van der Waals surface area contributed by atoms with Crippen molar-refractivity contribution >= 4 is 17.1 Å². The van der Waals surface area contributed by atoms with Gasteiger partial charge in [-0.05, 0) is 36.5 Å². The molecule has 0 amide bonds. The number of aromatic nitrogens is 4. The van der Waals surface area contributed by atoms with Crippen LogP contribution in [-0.4, -0.2) is 37.8 Å². The summed E-state index contributed by atoms with van der Waals surface area (Å²) in [5.41, 5.74) is 8.55. The summed E-state index contributed by atoms with van der Waals surface area (Å²) in [4.78, 5) is 33.9. The summed E-state index contributed by atoms with van der Waals surface area (Å²) in [6, 6.07) is 19.4. The zero-order valence-corrected chi connectivity index (χ0v) is 20.3. The van der Waals surface area contributed by atoms with Crippen molar-refractivity contribution in [2.24, 2.45) is 12.8 Å². The van der Waals surface area contributed by atoms with E-state index in [9.17, 15) is 14.9 Å². The standard InChI is InChI=1S/C27H29N7O2/c1-31-24-23(25(35)33(27(31)36)15-13-19-8-3-2-4-9-19)34(17-21-11-6-5-10-20(21)16-28)26(30-24)32-14-7-12-22(29)18-32/h2-6,8-11,22H,7,12-15,17-18,29H2,1H3. The van der Waals surface area contributed by atoms with Crippen LogP contribution in [0.2, 0.25) is 0 Å². The number of nitrogens with zero attached hydrogens (tertiary/aromatic N) is 6. The van der Waals surface area contributed by atoms with Crippen LogP contribution < -0.4 is 21.9 Å². The second-order valence-corrected chi connectivity index (χ2v) is 9.32. The molecule has 0 aliphatic carbocycles. The van der Waals surface area contributed by atoms with E-state index in [1.54, 1.807) is 13.1 Å². The van der Waals surface area contributed by atoms with Crippen LogP contribution in [0.15, 0.2) is 64.2 Å². The largest absolute Gasteiger partial charge is 0.341 e. The molecule has 0 radical (unpaired) electrons. The Bertz CT molecular complexity index is 1560. The normalized spacial score (nSPS) is 15.8. The summed E-state index contributed by atoms with van der Waals surface area (Å²) in [5.74, 6) is 0.598. The maximum absolute atomic E-state index is 13.8. The Morgan fingerprint density at radius 1 is 1.08 bits per heavy atom. The number of rotatable bonds is 6. The Morgan fingerprint density at radius 2 is 1.83 bits per heavy atom. The molecule has 3 heterocycles. The summed E-state index contributed by atoms with van der Waals surface area (Å²) in [6.45, 7) is 1.91. The van der Waals surface area contributed by atoms with Gasteiger partial charge in [0.1, 0.15) is 0 Å². The first-order valence-electron chi connectivity index (χ1n) is 12.2. The molecule has 9 heteroatoms. The van der Waals surface area contributed by atoms with E-state index in [1.165, 1.54) is 9.13 Å². The maximum Gasteiger partial charge on any atom is 0.332 e. The highest BCUT2D eigenvalue weighted by atomic mass is 16.2. The Hall–Kier alpha value is -4.16. The molecule has 1 aliphatic rings. The minimum absolute atomic E-state index is 0.00440. The molecule has 5 rings (SSSR count). The fraction of sp³-hybridized carbons (Fsp3) is 0.333. The minimum Gasteiger partial charge on any atom is -0.341 e. The lowest BCUT2D eigenvalue weighted by Gasteiger charge is -2.32. The summed E-state index contributed by atoms with van der Waals surface area (Å²) in [5, 5.41) is 9.66. The predicted molar refractivity (Wildman–Crippen MR) is 139 cm³/mol. The second-order valence-electron chi connectivity index (χ2n) is 9.32. The second kappa shape index (κ2) is 9.84. The number of benzene rings is 2. The number of imidazole rings is 1. The Labute approximate surface area is 208 Å². The molecular weight excluding hydrogens is 454 g/mol. The van der Waals surface area contributed by atoms with Gasteiger partial charge < -0.3 is 10.6 Å². The van der Waals surface area contributed by atoms with Gasteiger partial charge in [0.2, 0.25) is 5.95 Å². The van der Waals surface area contributed by atoms with Gasteiger partial charge >= 0.3 is 5.69 Å². The SMILES string of the molecule is Cn1c(=O)n(CCc2ccccc2)c(=O)c2c1nc(N1CCCC(N)C1)n2Cc1ccccc1C#N. The van der Waals surface area contributed by atoms with E-state index < -0.39 is 5.69 Å². The minimum atomic E-state index is -0.396. The molecular formula is C27H29N7O2. The van der Waals surface area contributed by atoms with Crippen LogP contribution in [0.4, 0.5) is 5.95 Å². The van der Waals surface area contributed by atoms with Crippen LogP contribution in [0.5, 0.6) is 0 Å². The molecule has 9 nitrogen and oxygen atoms in total. The topological polar surface area (TPSA) is 115 Å². The van der Waals surface area contributed by atoms with Crippen molar-refractivity contribution in [3.05, 3.63) is 92.1 Å². The first-order valence-corrected chi connectivity index (χ1v) is 12.2. The molecule has 0 bridgehead atoms. The van der Waals surface area contributed by atoms with E-state index in [4.69, 9.17) is 10.7 Å². The molecule has 1 aliphatic heterocycles. The molecule has 184 valence electrons. The molecule has 0 saturated carbocycles. The number of piperidine rings is 1. The third-order valence-corrected chi connectivity index (χ3v) is 6.89. The van der Waals surface area contributed by atoms with Gasteiger partial charge in [-0.25, -0.2) is 4.79 Å². The van der Waals surface area contributed by atoms with Crippen LogP contribution >= 0.6 is 0 Å². The highest BCUT2D eigenvalue weighted by Gasteiger charge is 2.26. The molecule has 2 N–H and O–H groups in total. The average molecular weight is 484 g/mol. The quantitative estimate of drug-likeness (QED) is 0.449. The number of hydrogen-bond acceptors (Lipinski definition) is 6. The van der Waals surface area contributed by atoms with Crippen LogP contribution in [0, 0.1) is 11.3 Å². The van der Waals surface area contributed by atoms with Crippen LogP contribution in [0.25, 0.3) is 11.2 Å². The van der Waals surface area contributed by atoms with Gasteiger partial charge in [-0.3, -0.25) is 18.5 Å². The van der Waals surface area contributed by atoms with Crippen LogP contribution in [-0.2, 0) is 26.6 Å². The molecule has 1 fully saturated rings. The average Bonchev–Trinajstić information content (AvgIpc) is 3.28. The van der Waals surface area contributed by atoms with Gasteiger partial charge in [-0.2, -0.15) is 10.2 Å². The first-order chi connectivity index (χ1) is 17.5. The Kier molecular flexibility index (Phi) is 6.44.